The first kappa shape index (κ1) is 21.4. The van der Waals surface area contributed by atoms with Crippen molar-refractivity contribution in [1.82, 2.24) is 10.6 Å². The molecule has 4 nitrogen and oxygen atoms in total. The van der Waals surface area contributed by atoms with Crippen LogP contribution in [0.3, 0.4) is 0 Å². The molecule has 10 heteroatoms. The number of hydrogen-bond acceptors (Lipinski definition) is 2. The topological polar surface area (TPSA) is 53.2 Å². The minimum atomic E-state index is -1.86. The van der Waals surface area contributed by atoms with Crippen LogP contribution in [-0.4, -0.2) is 21.0 Å². The number of amides is 1. The smallest absolute Gasteiger partial charge is 0.253 e. The van der Waals surface area contributed by atoms with Crippen molar-refractivity contribution in [3.63, 3.8) is 0 Å². The zero-order chi connectivity index (χ0) is 19.3. The van der Waals surface area contributed by atoms with Crippen LogP contribution in [0.5, 0.6) is 0 Å². The summed E-state index contributed by atoms with van der Waals surface area (Å²) >= 11 is 34.8. The Hall–Kier alpha value is -0.950. The van der Waals surface area contributed by atoms with Crippen molar-refractivity contribution in [2.24, 2.45) is 0 Å². The minimum Gasteiger partial charge on any atom is -0.339 e. The third kappa shape index (κ3) is 6.65. The average molecular weight is 472 g/mol. The minimum absolute atomic E-state index is 0.148. The first-order valence-corrected chi connectivity index (χ1v) is 9.41. The van der Waals surface area contributed by atoms with Crippen LogP contribution in [0, 0.1) is 0 Å². The molecule has 0 aliphatic heterocycles. The quantitative estimate of drug-likeness (QED) is 0.317. The Labute approximate surface area is 181 Å². The van der Waals surface area contributed by atoms with E-state index in [9.17, 15) is 4.79 Å². The summed E-state index contributed by atoms with van der Waals surface area (Å²) in [6.45, 7) is 0. The van der Waals surface area contributed by atoms with E-state index in [1.54, 1.807) is 42.5 Å². The number of anilines is 1. The van der Waals surface area contributed by atoms with Crippen molar-refractivity contribution in [2.45, 2.75) is 9.96 Å². The maximum atomic E-state index is 12.4. The number of nitrogens with one attached hydrogen (secondary N) is 3. The number of carbonyl (C=O) groups excluding carboxylic acids is 1. The van der Waals surface area contributed by atoms with Gasteiger partial charge in [-0.3, -0.25) is 4.79 Å². The van der Waals surface area contributed by atoms with Gasteiger partial charge in [-0.25, -0.2) is 0 Å². The molecule has 0 aromatic heterocycles. The largest absolute Gasteiger partial charge is 0.339 e. The van der Waals surface area contributed by atoms with E-state index < -0.39 is 15.9 Å². The number of rotatable bonds is 4. The third-order valence-electron chi connectivity index (χ3n) is 3.07. The number of hydrogen-bond donors (Lipinski definition) is 3. The summed E-state index contributed by atoms with van der Waals surface area (Å²) in [6.07, 6.45) is -1.09. The van der Waals surface area contributed by atoms with E-state index in [1.807, 2.05) is 0 Å². The van der Waals surface area contributed by atoms with Crippen LogP contribution in [-0.2, 0) is 0 Å². The summed E-state index contributed by atoms with van der Waals surface area (Å²) in [4.78, 5) is 12.4. The standard InChI is InChI=1S/C16H12Cl5N3OS/c17-10-4-6-12(7-5-10)22-15(26)24-14(16(19,20)21)23-13(25)9-2-1-3-11(18)8-9/h1-8,14H,(H,23,25)(H2,22,24,26)/t14-/m0/s1. The lowest BCUT2D eigenvalue weighted by Crippen LogP contribution is -2.56. The lowest BCUT2D eigenvalue weighted by Gasteiger charge is -2.27. The molecule has 3 N–H and O–H groups in total. The van der Waals surface area contributed by atoms with Crippen LogP contribution in [0.25, 0.3) is 0 Å². The maximum Gasteiger partial charge on any atom is 0.253 e. The number of halogens is 5. The summed E-state index contributed by atoms with van der Waals surface area (Å²) in [5, 5.41) is 9.39. The van der Waals surface area contributed by atoms with Crippen molar-refractivity contribution < 1.29 is 4.79 Å². The fourth-order valence-corrected chi connectivity index (χ4v) is 2.75. The van der Waals surface area contributed by atoms with Gasteiger partial charge in [0, 0.05) is 21.3 Å². The molecule has 0 saturated heterocycles. The Balaban J connectivity index is 2.06. The van der Waals surface area contributed by atoms with Gasteiger partial charge in [-0.15, -0.1) is 0 Å². The van der Waals surface area contributed by atoms with Gasteiger partial charge in [-0.1, -0.05) is 64.1 Å². The van der Waals surface area contributed by atoms with Crippen LogP contribution in [0.2, 0.25) is 10.0 Å². The summed E-state index contributed by atoms with van der Waals surface area (Å²) in [5.74, 6) is -0.481. The van der Waals surface area contributed by atoms with Gasteiger partial charge in [-0.2, -0.15) is 0 Å². The van der Waals surface area contributed by atoms with Gasteiger partial charge in [0.15, 0.2) is 5.11 Å². The first-order valence-electron chi connectivity index (χ1n) is 7.11. The fourth-order valence-electron chi connectivity index (χ4n) is 1.88. The van der Waals surface area contributed by atoms with Gasteiger partial charge >= 0.3 is 0 Å². The zero-order valence-corrected chi connectivity index (χ0v) is 17.5. The van der Waals surface area contributed by atoms with Crippen molar-refractivity contribution in [1.29, 1.82) is 0 Å². The molecule has 0 aliphatic rings. The first-order chi connectivity index (χ1) is 12.1. The molecule has 2 rings (SSSR count). The van der Waals surface area contributed by atoms with E-state index in [0.717, 1.165) is 0 Å². The zero-order valence-electron chi connectivity index (χ0n) is 12.9. The molecule has 138 valence electrons. The molecule has 2 aromatic carbocycles. The third-order valence-corrected chi connectivity index (χ3v) is 4.43. The second kappa shape index (κ2) is 9.31. The molecular weight excluding hydrogens is 460 g/mol. The lowest BCUT2D eigenvalue weighted by atomic mass is 10.2. The molecule has 0 fully saturated rings. The molecule has 1 amide bonds. The molecule has 2 aromatic rings. The molecule has 0 radical (unpaired) electrons. The van der Waals surface area contributed by atoms with E-state index in [0.29, 0.717) is 21.3 Å². The molecule has 0 saturated carbocycles. The van der Waals surface area contributed by atoms with E-state index in [4.69, 9.17) is 70.2 Å². The normalized spacial score (nSPS) is 12.2. The maximum absolute atomic E-state index is 12.4. The second-order valence-corrected chi connectivity index (χ2v) is 8.71. The van der Waals surface area contributed by atoms with Crippen LogP contribution in [0.15, 0.2) is 48.5 Å². The predicted octanol–water partition coefficient (Wildman–Crippen LogP) is 5.41. The second-order valence-electron chi connectivity index (χ2n) is 5.06. The molecular formula is C16H12Cl5N3OS. The Kier molecular flexibility index (Phi) is 7.64. The SMILES string of the molecule is O=C(N[C@@H](NC(=S)Nc1ccc(Cl)cc1)C(Cl)(Cl)Cl)c1cccc(Cl)c1. The number of alkyl halides is 3. The Morgan fingerprint density at radius 1 is 0.962 bits per heavy atom. The highest BCUT2D eigenvalue weighted by molar-refractivity contribution is 7.80. The van der Waals surface area contributed by atoms with E-state index in [2.05, 4.69) is 16.0 Å². The molecule has 1 atom stereocenters. The number of carbonyl (C=O) groups is 1. The van der Waals surface area contributed by atoms with Gasteiger partial charge in [0.25, 0.3) is 5.91 Å². The van der Waals surface area contributed by atoms with Crippen molar-refractivity contribution in [3.8, 4) is 0 Å². The molecule has 0 bridgehead atoms. The van der Waals surface area contributed by atoms with Crippen molar-refractivity contribution in [2.75, 3.05) is 5.32 Å². The van der Waals surface area contributed by atoms with Gasteiger partial charge < -0.3 is 16.0 Å². The van der Waals surface area contributed by atoms with E-state index >= 15 is 0 Å². The van der Waals surface area contributed by atoms with Crippen molar-refractivity contribution >= 4 is 86.9 Å². The summed E-state index contributed by atoms with van der Waals surface area (Å²) in [7, 11) is 0. The van der Waals surface area contributed by atoms with Crippen LogP contribution >= 0.6 is 70.2 Å². The van der Waals surface area contributed by atoms with Gasteiger partial charge in [0.1, 0.15) is 6.17 Å². The number of benzene rings is 2. The van der Waals surface area contributed by atoms with Crippen LogP contribution in [0.1, 0.15) is 10.4 Å². The summed E-state index contributed by atoms with van der Waals surface area (Å²) < 4.78 is -1.86. The molecule has 0 aliphatic carbocycles. The Bertz CT molecular complexity index is 795. The lowest BCUT2D eigenvalue weighted by molar-refractivity contribution is 0.0934. The molecule has 0 heterocycles. The fraction of sp³-hybridized carbons (Fsp3) is 0.125. The molecule has 0 spiro atoms. The molecule has 0 unspecified atom stereocenters. The Morgan fingerprint density at radius 3 is 2.19 bits per heavy atom. The summed E-state index contributed by atoms with van der Waals surface area (Å²) in [6, 6.07) is 13.2. The van der Waals surface area contributed by atoms with Gasteiger partial charge in [-0.05, 0) is 54.7 Å². The monoisotopic (exact) mass is 469 g/mol. The van der Waals surface area contributed by atoms with E-state index in [1.165, 1.54) is 6.07 Å². The number of thiocarbonyl (C=S) groups is 1. The highest BCUT2D eigenvalue weighted by Gasteiger charge is 2.34. The predicted molar refractivity (Wildman–Crippen MR) is 114 cm³/mol. The van der Waals surface area contributed by atoms with Gasteiger partial charge in [0.05, 0.1) is 0 Å². The van der Waals surface area contributed by atoms with Crippen LogP contribution < -0.4 is 16.0 Å². The molecule has 26 heavy (non-hydrogen) atoms. The Morgan fingerprint density at radius 2 is 1.62 bits per heavy atom. The average Bonchev–Trinajstić information content (AvgIpc) is 2.55. The van der Waals surface area contributed by atoms with Crippen molar-refractivity contribution in [3.05, 3.63) is 64.1 Å². The summed E-state index contributed by atoms with van der Waals surface area (Å²) in [5.41, 5.74) is 0.992. The highest BCUT2D eigenvalue weighted by Crippen LogP contribution is 2.29. The van der Waals surface area contributed by atoms with Gasteiger partial charge in [0.2, 0.25) is 3.79 Å². The highest BCUT2D eigenvalue weighted by atomic mass is 35.6. The van der Waals surface area contributed by atoms with Crippen LogP contribution in [0.4, 0.5) is 5.69 Å². The van der Waals surface area contributed by atoms with E-state index in [-0.39, 0.29) is 5.11 Å².